The van der Waals surface area contributed by atoms with E-state index in [4.69, 9.17) is 14.2 Å². The zero-order valence-corrected chi connectivity index (χ0v) is 15.1. The number of carbonyl (C=O) groups excluding carboxylic acids is 2. The predicted molar refractivity (Wildman–Crippen MR) is 97.1 cm³/mol. The molecule has 5 heteroatoms. The second-order valence-electron chi connectivity index (χ2n) is 5.14. The molecule has 5 nitrogen and oxygen atoms in total. The molecule has 0 N–H and O–H groups in total. The lowest BCUT2D eigenvalue weighted by Gasteiger charge is -2.08. The highest BCUT2D eigenvalue weighted by Gasteiger charge is 2.13. The fourth-order valence-corrected chi connectivity index (χ4v) is 1.75. The Kier molecular flexibility index (Phi) is 8.79. The first-order valence-electron chi connectivity index (χ1n) is 7.94. The number of hydrogen-bond acceptors (Lipinski definition) is 5. The van der Waals surface area contributed by atoms with E-state index in [-0.39, 0.29) is 13.2 Å². The highest BCUT2D eigenvalue weighted by atomic mass is 16.5. The summed E-state index contributed by atoms with van der Waals surface area (Å²) >= 11 is 0. The molecule has 1 aromatic rings. The summed E-state index contributed by atoms with van der Waals surface area (Å²) in [6.07, 6.45) is 6.81. The van der Waals surface area contributed by atoms with Crippen LogP contribution in [-0.2, 0) is 19.1 Å². The van der Waals surface area contributed by atoms with E-state index < -0.39 is 11.9 Å². The minimum Gasteiger partial charge on any atom is -0.497 e. The lowest BCUT2D eigenvalue weighted by molar-refractivity contribution is -0.141. The molecule has 0 aromatic heterocycles. The number of allylic oxidation sites excluding steroid dienone is 2. The smallest absolute Gasteiger partial charge is 0.337 e. The van der Waals surface area contributed by atoms with Crippen molar-refractivity contribution >= 4 is 18.0 Å². The predicted octanol–water partition coefficient (Wildman–Crippen LogP) is 3.71. The third-order valence-corrected chi connectivity index (χ3v) is 3.46. The van der Waals surface area contributed by atoms with E-state index in [0.717, 1.165) is 11.3 Å². The van der Waals surface area contributed by atoms with Gasteiger partial charge in [-0.15, -0.1) is 0 Å². The molecule has 0 bridgehead atoms. The van der Waals surface area contributed by atoms with Crippen LogP contribution in [0.5, 0.6) is 5.75 Å². The molecule has 0 amide bonds. The lowest BCUT2D eigenvalue weighted by Crippen LogP contribution is -2.16. The Bertz CT molecular complexity index is 666. The van der Waals surface area contributed by atoms with Gasteiger partial charge in [-0.1, -0.05) is 30.4 Å². The van der Waals surface area contributed by atoms with Gasteiger partial charge in [0.1, 0.15) is 19.0 Å². The molecule has 1 rings (SSSR count). The summed E-state index contributed by atoms with van der Waals surface area (Å²) in [5.74, 6) is -0.175. The van der Waals surface area contributed by atoms with Gasteiger partial charge < -0.3 is 14.2 Å². The Morgan fingerprint density at radius 2 is 1.68 bits per heavy atom. The van der Waals surface area contributed by atoms with Crippen molar-refractivity contribution in [2.24, 2.45) is 0 Å². The van der Waals surface area contributed by atoms with Crippen LogP contribution in [0.2, 0.25) is 0 Å². The van der Waals surface area contributed by atoms with E-state index in [1.807, 2.05) is 30.3 Å². The van der Waals surface area contributed by atoms with E-state index in [2.05, 4.69) is 0 Å². The van der Waals surface area contributed by atoms with E-state index in [0.29, 0.717) is 11.1 Å². The molecule has 1 aromatic carbocycles. The Labute approximate surface area is 148 Å². The van der Waals surface area contributed by atoms with Crippen molar-refractivity contribution in [1.82, 2.24) is 0 Å². The lowest BCUT2D eigenvalue weighted by atomic mass is 10.2. The molecule has 25 heavy (non-hydrogen) atoms. The van der Waals surface area contributed by atoms with Crippen molar-refractivity contribution in [3.8, 4) is 5.75 Å². The quantitative estimate of drug-likeness (QED) is 0.531. The van der Waals surface area contributed by atoms with Gasteiger partial charge in [0, 0.05) is 5.57 Å². The average Bonchev–Trinajstić information content (AvgIpc) is 2.65. The number of rotatable bonds is 8. The molecule has 0 fully saturated rings. The summed E-state index contributed by atoms with van der Waals surface area (Å²) in [5, 5.41) is 0. The van der Waals surface area contributed by atoms with E-state index in [1.54, 1.807) is 46.1 Å². The zero-order valence-electron chi connectivity index (χ0n) is 15.1. The van der Waals surface area contributed by atoms with Crippen LogP contribution in [0.25, 0.3) is 6.08 Å². The SMILES string of the molecule is C/C=C(/COC(=O)/C(C)=C/C)C(=O)OC/C=C/c1ccc(OC)cc1. The van der Waals surface area contributed by atoms with Gasteiger partial charge in [-0.05, 0) is 44.5 Å². The molecule has 0 aliphatic rings. The Morgan fingerprint density at radius 3 is 2.24 bits per heavy atom. The molecule has 0 atom stereocenters. The third kappa shape index (κ3) is 7.08. The first-order valence-corrected chi connectivity index (χ1v) is 7.94. The second-order valence-corrected chi connectivity index (χ2v) is 5.14. The van der Waals surface area contributed by atoms with Crippen molar-refractivity contribution < 1.29 is 23.8 Å². The molecule has 0 saturated heterocycles. The Hall–Kier alpha value is -2.82. The van der Waals surface area contributed by atoms with Crippen LogP contribution in [0, 0.1) is 0 Å². The molecule has 0 radical (unpaired) electrons. The van der Waals surface area contributed by atoms with Crippen molar-refractivity contribution in [2.75, 3.05) is 20.3 Å². The first-order chi connectivity index (χ1) is 12.0. The van der Waals surface area contributed by atoms with Gasteiger partial charge in [0.2, 0.25) is 0 Å². The average molecular weight is 344 g/mol. The fraction of sp³-hybridized carbons (Fsp3) is 0.300. The number of carbonyl (C=O) groups is 2. The molecule has 0 unspecified atom stereocenters. The molecule has 0 spiro atoms. The van der Waals surface area contributed by atoms with Crippen molar-refractivity contribution in [3.05, 3.63) is 59.2 Å². The largest absolute Gasteiger partial charge is 0.497 e. The molecular formula is C20H24O5. The topological polar surface area (TPSA) is 61.8 Å². The zero-order chi connectivity index (χ0) is 18.7. The van der Waals surface area contributed by atoms with Crippen LogP contribution in [0.1, 0.15) is 26.3 Å². The highest BCUT2D eigenvalue weighted by Crippen LogP contribution is 2.12. The first kappa shape index (κ1) is 20.2. The van der Waals surface area contributed by atoms with Crippen molar-refractivity contribution in [2.45, 2.75) is 20.8 Å². The molecule has 0 aliphatic carbocycles. The van der Waals surface area contributed by atoms with Gasteiger partial charge in [-0.25, -0.2) is 9.59 Å². The van der Waals surface area contributed by atoms with E-state index >= 15 is 0 Å². The van der Waals surface area contributed by atoms with Crippen LogP contribution < -0.4 is 4.74 Å². The van der Waals surface area contributed by atoms with Gasteiger partial charge in [0.15, 0.2) is 0 Å². The van der Waals surface area contributed by atoms with Gasteiger partial charge in [0.25, 0.3) is 0 Å². The van der Waals surface area contributed by atoms with E-state index in [9.17, 15) is 9.59 Å². The maximum Gasteiger partial charge on any atom is 0.337 e. The minimum absolute atomic E-state index is 0.110. The van der Waals surface area contributed by atoms with Crippen LogP contribution in [0.3, 0.4) is 0 Å². The van der Waals surface area contributed by atoms with Gasteiger partial charge in [0.05, 0.1) is 12.7 Å². The summed E-state index contributed by atoms with van der Waals surface area (Å²) in [5.41, 5.74) is 1.76. The summed E-state index contributed by atoms with van der Waals surface area (Å²) in [7, 11) is 1.61. The molecule has 0 aliphatic heterocycles. The fourth-order valence-electron chi connectivity index (χ4n) is 1.75. The standard InChI is InChI=1S/C20H24O5/c1-5-15(3)19(21)25-14-17(6-2)20(22)24-13-7-8-16-9-11-18(23-4)12-10-16/h5-12H,13-14H2,1-4H3/b8-7+,15-5+,17-6-. The van der Waals surface area contributed by atoms with Crippen molar-refractivity contribution in [3.63, 3.8) is 0 Å². The summed E-state index contributed by atoms with van der Waals surface area (Å²) < 4.78 is 15.3. The van der Waals surface area contributed by atoms with Crippen molar-refractivity contribution in [1.29, 1.82) is 0 Å². The maximum absolute atomic E-state index is 12.0. The Morgan fingerprint density at radius 1 is 1.00 bits per heavy atom. The molecule has 0 saturated carbocycles. The van der Waals surface area contributed by atoms with Gasteiger partial charge in [-0.3, -0.25) is 0 Å². The molecule has 0 heterocycles. The summed E-state index contributed by atoms with van der Waals surface area (Å²) in [4.78, 5) is 23.6. The maximum atomic E-state index is 12.0. The highest BCUT2D eigenvalue weighted by molar-refractivity contribution is 5.91. The normalized spacial score (nSPS) is 12.2. The number of esters is 2. The van der Waals surface area contributed by atoms with Gasteiger partial charge >= 0.3 is 11.9 Å². The summed E-state index contributed by atoms with van der Waals surface area (Å²) in [6, 6.07) is 7.50. The van der Waals surface area contributed by atoms with E-state index in [1.165, 1.54) is 0 Å². The number of ether oxygens (including phenoxy) is 3. The van der Waals surface area contributed by atoms with Gasteiger partial charge in [-0.2, -0.15) is 0 Å². The molecular weight excluding hydrogens is 320 g/mol. The second kappa shape index (κ2) is 10.9. The monoisotopic (exact) mass is 344 g/mol. The third-order valence-electron chi connectivity index (χ3n) is 3.46. The summed E-state index contributed by atoms with van der Waals surface area (Å²) in [6.45, 7) is 5.11. The van der Waals surface area contributed by atoms with Crippen LogP contribution in [0.4, 0.5) is 0 Å². The van der Waals surface area contributed by atoms with Crippen LogP contribution in [0.15, 0.2) is 53.6 Å². The molecule has 134 valence electrons. The number of methoxy groups -OCH3 is 1. The number of benzene rings is 1. The van der Waals surface area contributed by atoms with Crippen LogP contribution in [-0.4, -0.2) is 32.3 Å². The minimum atomic E-state index is -0.507. The number of hydrogen-bond donors (Lipinski definition) is 0. The Balaban J connectivity index is 2.45. The van der Waals surface area contributed by atoms with Crippen LogP contribution >= 0.6 is 0 Å².